The molecule has 0 unspecified atom stereocenters. The van der Waals surface area contributed by atoms with Crippen molar-refractivity contribution < 1.29 is 0 Å². The van der Waals surface area contributed by atoms with Gasteiger partial charge in [-0.3, -0.25) is 5.43 Å². The van der Waals surface area contributed by atoms with Crippen LogP contribution in [0.3, 0.4) is 0 Å². The van der Waals surface area contributed by atoms with Crippen LogP contribution in [-0.4, -0.2) is 23.6 Å². The second-order valence-electron chi connectivity index (χ2n) is 4.49. The van der Waals surface area contributed by atoms with Gasteiger partial charge in [0.1, 0.15) is 5.82 Å². The van der Waals surface area contributed by atoms with Crippen molar-refractivity contribution in [3.63, 3.8) is 0 Å². The van der Waals surface area contributed by atoms with Crippen LogP contribution in [0.2, 0.25) is 0 Å². The van der Waals surface area contributed by atoms with Crippen LogP contribution in [0.1, 0.15) is 11.3 Å². The molecule has 0 bridgehead atoms. The van der Waals surface area contributed by atoms with E-state index in [2.05, 4.69) is 44.6 Å². The minimum atomic E-state index is 0.446. The first-order valence-electron chi connectivity index (χ1n) is 6.26. The maximum atomic E-state index is 5.36. The van der Waals surface area contributed by atoms with Crippen molar-refractivity contribution in [2.24, 2.45) is 5.84 Å². The van der Waals surface area contributed by atoms with Gasteiger partial charge in [0.15, 0.2) is 0 Å². The van der Waals surface area contributed by atoms with Gasteiger partial charge in [0, 0.05) is 25.4 Å². The van der Waals surface area contributed by atoms with Gasteiger partial charge in [0.25, 0.3) is 0 Å². The molecule has 0 saturated carbocycles. The van der Waals surface area contributed by atoms with E-state index in [-0.39, 0.29) is 0 Å². The Kier molecular flexibility index (Phi) is 4.30. The molecule has 1 heterocycles. The fourth-order valence-corrected chi connectivity index (χ4v) is 1.87. The summed E-state index contributed by atoms with van der Waals surface area (Å²) < 4.78 is 0. The molecule has 2 aromatic rings. The molecule has 100 valence electrons. The molecule has 0 radical (unpaired) electrons. The number of anilines is 2. The van der Waals surface area contributed by atoms with Crippen molar-refractivity contribution in [2.75, 3.05) is 23.9 Å². The van der Waals surface area contributed by atoms with Gasteiger partial charge in [-0.05, 0) is 18.9 Å². The van der Waals surface area contributed by atoms with E-state index < -0.39 is 0 Å². The molecule has 0 amide bonds. The van der Waals surface area contributed by atoms with Crippen LogP contribution in [0.4, 0.5) is 11.8 Å². The minimum absolute atomic E-state index is 0.446. The van der Waals surface area contributed by atoms with Gasteiger partial charge >= 0.3 is 0 Å². The van der Waals surface area contributed by atoms with Crippen molar-refractivity contribution in [1.82, 2.24) is 9.97 Å². The van der Waals surface area contributed by atoms with E-state index >= 15 is 0 Å². The lowest BCUT2D eigenvalue weighted by Gasteiger charge is -2.19. The predicted octanol–water partition coefficient (Wildman–Crippen LogP) is 1.75. The number of nitrogens with one attached hydrogen (secondary N) is 1. The first-order valence-corrected chi connectivity index (χ1v) is 6.26. The number of nitrogens with two attached hydrogens (primary N) is 1. The summed E-state index contributed by atoms with van der Waals surface area (Å²) in [5.74, 6) is 6.68. The van der Waals surface area contributed by atoms with Crippen molar-refractivity contribution in [2.45, 2.75) is 13.3 Å². The fourth-order valence-electron chi connectivity index (χ4n) is 1.87. The third-order valence-corrected chi connectivity index (χ3v) is 2.94. The van der Waals surface area contributed by atoms with Gasteiger partial charge in [-0.2, -0.15) is 4.98 Å². The number of hydrogen-bond acceptors (Lipinski definition) is 5. The summed E-state index contributed by atoms with van der Waals surface area (Å²) >= 11 is 0. The molecule has 0 fully saturated rings. The molecule has 5 nitrogen and oxygen atoms in total. The molecule has 0 spiro atoms. The van der Waals surface area contributed by atoms with Crippen LogP contribution in [-0.2, 0) is 6.42 Å². The molecule has 1 aromatic heterocycles. The number of rotatable bonds is 5. The lowest BCUT2D eigenvalue weighted by molar-refractivity contribution is 0.853. The van der Waals surface area contributed by atoms with Crippen molar-refractivity contribution in [3.05, 3.63) is 47.7 Å². The van der Waals surface area contributed by atoms with Gasteiger partial charge in [-0.1, -0.05) is 30.3 Å². The SMILES string of the molecule is Cc1cc(N(C)CCc2ccccc2)nc(NN)n1. The second-order valence-corrected chi connectivity index (χ2v) is 4.49. The van der Waals surface area contributed by atoms with E-state index in [1.165, 1.54) is 5.56 Å². The molecule has 1 aromatic carbocycles. The van der Waals surface area contributed by atoms with E-state index in [9.17, 15) is 0 Å². The van der Waals surface area contributed by atoms with Gasteiger partial charge in [0.05, 0.1) is 0 Å². The summed E-state index contributed by atoms with van der Waals surface area (Å²) in [5, 5.41) is 0. The highest BCUT2D eigenvalue weighted by atomic mass is 15.3. The number of hydrazine groups is 1. The van der Waals surface area contributed by atoms with Crippen LogP contribution in [0.5, 0.6) is 0 Å². The number of benzene rings is 1. The number of likely N-dealkylation sites (N-methyl/N-ethyl adjacent to an activating group) is 1. The highest BCUT2D eigenvalue weighted by Crippen LogP contribution is 2.13. The molecule has 0 aliphatic rings. The number of nitrogen functional groups attached to an aromatic ring is 1. The Bertz CT molecular complexity index is 527. The first-order chi connectivity index (χ1) is 9.19. The quantitative estimate of drug-likeness (QED) is 0.631. The standard InChI is InChI=1S/C14H19N5/c1-11-10-13(17-14(16-11)18-15)19(2)9-8-12-6-4-3-5-7-12/h3-7,10H,8-9,15H2,1-2H3,(H,16,17,18). The lowest BCUT2D eigenvalue weighted by atomic mass is 10.1. The van der Waals surface area contributed by atoms with Crippen LogP contribution >= 0.6 is 0 Å². The van der Waals surface area contributed by atoms with Gasteiger partial charge < -0.3 is 4.90 Å². The molecular formula is C14H19N5. The van der Waals surface area contributed by atoms with Gasteiger partial charge in [-0.15, -0.1) is 0 Å². The highest BCUT2D eigenvalue weighted by molar-refractivity contribution is 5.43. The number of hydrogen-bond donors (Lipinski definition) is 2. The van der Waals surface area contributed by atoms with Crippen LogP contribution in [0, 0.1) is 6.92 Å². The predicted molar refractivity (Wildman–Crippen MR) is 78.0 cm³/mol. The van der Waals surface area contributed by atoms with Gasteiger partial charge in [-0.25, -0.2) is 10.8 Å². The molecular weight excluding hydrogens is 238 g/mol. The first kappa shape index (κ1) is 13.3. The Morgan fingerprint density at radius 3 is 2.63 bits per heavy atom. The Hall–Kier alpha value is -2.14. The number of aryl methyl sites for hydroxylation is 1. The van der Waals surface area contributed by atoms with E-state index in [0.717, 1.165) is 24.5 Å². The largest absolute Gasteiger partial charge is 0.359 e. The third kappa shape index (κ3) is 3.66. The van der Waals surface area contributed by atoms with Crippen LogP contribution < -0.4 is 16.2 Å². The number of nitrogens with zero attached hydrogens (tertiary/aromatic N) is 3. The third-order valence-electron chi connectivity index (χ3n) is 2.94. The Labute approximate surface area is 113 Å². The zero-order valence-corrected chi connectivity index (χ0v) is 11.3. The fraction of sp³-hybridized carbons (Fsp3) is 0.286. The summed E-state index contributed by atoms with van der Waals surface area (Å²) in [6.07, 6.45) is 0.978. The molecule has 0 saturated heterocycles. The van der Waals surface area contributed by atoms with Crippen molar-refractivity contribution in [1.29, 1.82) is 0 Å². The summed E-state index contributed by atoms with van der Waals surface area (Å²) in [4.78, 5) is 10.6. The monoisotopic (exact) mass is 257 g/mol. The summed E-state index contributed by atoms with van der Waals surface area (Å²) in [6, 6.07) is 12.4. The molecule has 0 aliphatic heterocycles. The van der Waals surface area contributed by atoms with E-state index in [0.29, 0.717) is 5.95 Å². The molecule has 0 atom stereocenters. The topological polar surface area (TPSA) is 67.1 Å². The summed E-state index contributed by atoms with van der Waals surface area (Å²) in [5.41, 5.74) is 4.70. The van der Waals surface area contributed by atoms with Crippen molar-refractivity contribution >= 4 is 11.8 Å². The average molecular weight is 257 g/mol. The normalized spacial score (nSPS) is 10.3. The minimum Gasteiger partial charge on any atom is -0.359 e. The van der Waals surface area contributed by atoms with E-state index in [4.69, 9.17) is 5.84 Å². The van der Waals surface area contributed by atoms with Crippen LogP contribution in [0.25, 0.3) is 0 Å². The average Bonchev–Trinajstić information content (AvgIpc) is 2.45. The summed E-state index contributed by atoms with van der Waals surface area (Å²) in [6.45, 7) is 2.82. The molecule has 0 aliphatic carbocycles. The molecule has 2 rings (SSSR count). The van der Waals surface area contributed by atoms with Gasteiger partial charge in [0.2, 0.25) is 5.95 Å². The zero-order chi connectivity index (χ0) is 13.7. The zero-order valence-electron chi connectivity index (χ0n) is 11.3. The second kappa shape index (κ2) is 6.15. The Morgan fingerprint density at radius 1 is 1.21 bits per heavy atom. The smallest absolute Gasteiger partial charge is 0.239 e. The molecule has 19 heavy (non-hydrogen) atoms. The molecule has 3 N–H and O–H groups in total. The summed E-state index contributed by atoms with van der Waals surface area (Å²) in [7, 11) is 2.02. The van der Waals surface area contributed by atoms with Crippen molar-refractivity contribution in [3.8, 4) is 0 Å². The van der Waals surface area contributed by atoms with E-state index in [1.807, 2.05) is 26.1 Å². The maximum absolute atomic E-state index is 5.36. The Morgan fingerprint density at radius 2 is 1.95 bits per heavy atom. The van der Waals surface area contributed by atoms with E-state index in [1.54, 1.807) is 0 Å². The number of aromatic nitrogens is 2. The maximum Gasteiger partial charge on any atom is 0.239 e. The highest BCUT2D eigenvalue weighted by Gasteiger charge is 2.06. The van der Waals surface area contributed by atoms with Crippen LogP contribution in [0.15, 0.2) is 36.4 Å². The lowest BCUT2D eigenvalue weighted by Crippen LogP contribution is -2.23. The Balaban J connectivity index is 2.03. The molecule has 5 heteroatoms.